The molecule has 1 amide bonds. The Morgan fingerprint density at radius 1 is 1.17 bits per heavy atom. The molecule has 23 heavy (non-hydrogen) atoms. The molecule has 0 bridgehead atoms. The third kappa shape index (κ3) is 3.92. The van der Waals surface area contributed by atoms with E-state index in [0.717, 1.165) is 0 Å². The van der Waals surface area contributed by atoms with E-state index in [-0.39, 0.29) is 5.91 Å². The molecule has 0 fully saturated rings. The average Bonchev–Trinajstić information content (AvgIpc) is 3.20. The second-order valence-electron chi connectivity index (χ2n) is 4.82. The molecule has 9 heteroatoms. The number of hydrogen-bond acceptors (Lipinski definition) is 5. The van der Waals surface area contributed by atoms with E-state index >= 15 is 0 Å². The number of nitrogens with one attached hydrogen (secondary N) is 1. The van der Waals surface area contributed by atoms with E-state index in [9.17, 15) is 4.79 Å². The Morgan fingerprint density at radius 3 is 2.70 bits per heavy atom. The number of hydrogen-bond donors (Lipinski definition) is 1. The first-order valence-electron chi connectivity index (χ1n) is 6.99. The predicted molar refractivity (Wildman–Crippen MR) is 84.3 cm³/mol. The van der Waals surface area contributed by atoms with Crippen LogP contribution in [0.2, 0.25) is 5.02 Å². The lowest BCUT2D eigenvalue weighted by atomic mass is 10.2. The number of amides is 1. The van der Waals surface area contributed by atoms with E-state index in [1.165, 1.54) is 12.7 Å². The molecule has 1 N–H and O–H groups in total. The summed E-state index contributed by atoms with van der Waals surface area (Å²) >= 11 is 6.22. The van der Waals surface area contributed by atoms with Gasteiger partial charge in [-0.15, -0.1) is 0 Å². The minimum absolute atomic E-state index is 0.0744. The monoisotopic (exact) mass is 331 g/mol. The molecule has 3 aromatic rings. The molecule has 118 valence electrons. The molecule has 0 saturated heterocycles. The van der Waals surface area contributed by atoms with Crippen LogP contribution in [0.5, 0.6) is 0 Å². The Kier molecular flexibility index (Phi) is 4.62. The maximum Gasteiger partial charge on any atom is 0.224 e. The van der Waals surface area contributed by atoms with Crippen molar-refractivity contribution >= 4 is 23.2 Å². The Morgan fingerprint density at radius 2 is 2.00 bits per heavy atom. The van der Waals surface area contributed by atoms with E-state index in [4.69, 9.17) is 11.6 Å². The minimum Gasteiger partial charge on any atom is -0.326 e. The molecule has 0 radical (unpaired) electrons. The molecule has 0 aliphatic heterocycles. The number of rotatable bonds is 6. The number of benzene rings is 1. The van der Waals surface area contributed by atoms with Crippen LogP contribution in [0.4, 0.5) is 5.69 Å². The van der Waals surface area contributed by atoms with Gasteiger partial charge in [-0.3, -0.25) is 9.48 Å². The molecule has 2 aromatic heterocycles. The number of aromatic nitrogens is 6. The number of anilines is 1. The van der Waals surface area contributed by atoms with Crippen LogP contribution >= 0.6 is 11.6 Å². The Bertz CT molecular complexity index is 771. The van der Waals surface area contributed by atoms with E-state index in [0.29, 0.717) is 35.8 Å². The normalized spacial score (nSPS) is 10.7. The second kappa shape index (κ2) is 7.01. The maximum absolute atomic E-state index is 11.9. The van der Waals surface area contributed by atoms with Crippen molar-refractivity contribution in [1.29, 1.82) is 0 Å². The highest BCUT2D eigenvalue weighted by Crippen LogP contribution is 2.23. The largest absolute Gasteiger partial charge is 0.326 e. The summed E-state index contributed by atoms with van der Waals surface area (Å²) in [4.78, 5) is 19.7. The van der Waals surface area contributed by atoms with E-state index in [2.05, 4.69) is 25.5 Å². The van der Waals surface area contributed by atoms with Crippen LogP contribution in [0, 0.1) is 0 Å². The van der Waals surface area contributed by atoms with Crippen LogP contribution in [0.3, 0.4) is 0 Å². The van der Waals surface area contributed by atoms with Crippen molar-refractivity contribution in [3.63, 3.8) is 0 Å². The van der Waals surface area contributed by atoms with Crippen LogP contribution in [-0.2, 0) is 11.3 Å². The van der Waals surface area contributed by atoms with Crippen LogP contribution in [0.1, 0.15) is 12.8 Å². The average molecular weight is 332 g/mol. The zero-order valence-corrected chi connectivity index (χ0v) is 12.9. The molecule has 0 aliphatic carbocycles. The van der Waals surface area contributed by atoms with Crippen LogP contribution < -0.4 is 5.32 Å². The molecule has 0 unspecified atom stereocenters. The van der Waals surface area contributed by atoms with Crippen molar-refractivity contribution in [3.05, 3.63) is 48.5 Å². The van der Waals surface area contributed by atoms with Gasteiger partial charge in [-0.05, 0) is 24.6 Å². The summed E-state index contributed by atoms with van der Waals surface area (Å²) in [5.41, 5.74) is 1.35. The first-order chi connectivity index (χ1) is 11.2. The summed E-state index contributed by atoms with van der Waals surface area (Å²) < 4.78 is 3.25. The maximum atomic E-state index is 11.9. The Hall–Kier alpha value is -2.74. The van der Waals surface area contributed by atoms with Gasteiger partial charge in [0.2, 0.25) is 5.91 Å². The van der Waals surface area contributed by atoms with Crippen LogP contribution in [-0.4, -0.2) is 35.4 Å². The molecule has 2 heterocycles. The summed E-state index contributed by atoms with van der Waals surface area (Å²) in [5, 5.41) is 11.3. The van der Waals surface area contributed by atoms with Crippen molar-refractivity contribution in [1.82, 2.24) is 29.5 Å². The van der Waals surface area contributed by atoms with Gasteiger partial charge < -0.3 is 5.32 Å². The van der Waals surface area contributed by atoms with Gasteiger partial charge >= 0.3 is 0 Å². The zero-order valence-electron chi connectivity index (χ0n) is 12.1. The van der Waals surface area contributed by atoms with Crippen molar-refractivity contribution < 1.29 is 4.79 Å². The molecule has 0 saturated carbocycles. The lowest BCUT2D eigenvalue weighted by Gasteiger charge is -2.08. The van der Waals surface area contributed by atoms with Crippen molar-refractivity contribution in [2.75, 3.05) is 5.32 Å². The number of carbonyl (C=O) groups is 1. The highest BCUT2D eigenvalue weighted by atomic mass is 35.5. The summed E-state index contributed by atoms with van der Waals surface area (Å²) in [6.45, 7) is 0.652. The zero-order chi connectivity index (χ0) is 16.1. The number of carbonyl (C=O) groups excluding carboxylic acids is 1. The molecule has 8 nitrogen and oxygen atoms in total. The Labute approximate surface area is 137 Å². The highest BCUT2D eigenvalue weighted by Gasteiger charge is 2.07. The third-order valence-corrected chi connectivity index (χ3v) is 3.46. The van der Waals surface area contributed by atoms with Crippen molar-refractivity contribution in [2.24, 2.45) is 0 Å². The molecule has 0 aliphatic rings. The fourth-order valence-corrected chi connectivity index (χ4v) is 2.34. The van der Waals surface area contributed by atoms with Gasteiger partial charge in [0.05, 0.1) is 10.7 Å². The number of nitrogens with zero attached hydrogens (tertiary/aromatic N) is 6. The number of halogens is 1. The fourth-order valence-electron chi connectivity index (χ4n) is 2.08. The first-order valence-corrected chi connectivity index (χ1v) is 7.37. The van der Waals surface area contributed by atoms with Crippen molar-refractivity contribution in [2.45, 2.75) is 19.4 Å². The molecule has 0 spiro atoms. The quantitative estimate of drug-likeness (QED) is 0.745. The minimum atomic E-state index is -0.0744. The van der Waals surface area contributed by atoms with Crippen LogP contribution in [0.25, 0.3) is 5.69 Å². The van der Waals surface area contributed by atoms with E-state index < -0.39 is 0 Å². The summed E-state index contributed by atoms with van der Waals surface area (Å²) in [6.07, 6.45) is 7.16. The van der Waals surface area contributed by atoms with Gasteiger partial charge in [-0.25, -0.2) is 14.6 Å². The molecule has 3 rings (SSSR count). The van der Waals surface area contributed by atoms with Crippen LogP contribution in [0.15, 0.2) is 43.5 Å². The van der Waals surface area contributed by atoms with Gasteiger partial charge in [-0.1, -0.05) is 11.6 Å². The fraction of sp³-hybridized carbons (Fsp3) is 0.214. The predicted octanol–water partition coefficient (Wildman–Crippen LogP) is 1.93. The number of aryl methyl sites for hydroxylation is 1. The second-order valence-corrected chi connectivity index (χ2v) is 5.22. The smallest absolute Gasteiger partial charge is 0.224 e. The topological polar surface area (TPSA) is 90.5 Å². The third-order valence-electron chi connectivity index (χ3n) is 3.15. The van der Waals surface area contributed by atoms with Gasteiger partial charge in [0, 0.05) is 18.7 Å². The summed E-state index contributed by atoms with van der Waals surface area (Å²) in [6, 6.07) is 5.24. The molecule has 1 aromatic carbocycles. The van der Waals surface area contributed by atoms with E-state index in [1.807, 2.05) is 0 Å². The van der Waals surface area contributed by atoms with Gasteiger partial charge in [0.25, 0.3) is 0 Å². The van der Waals surface area contributed by atoms with Gasteiger partial charge in [0.15, 0.2) is 0 Å². The standard InChI is InChI=1S/C14H14ClN7O/c15-12-6-11(3-4-13(12)22-10-17-8-19-22)20-14(23)2-1-5-21-9-16-7-18-21/h3-4,6-10H,1-2,5H2,(H,20,23). The highest BCUT2D eigenvalue weighted by molar-refractivity contribution is 6.32. The lowest BCUT2D eigenvalue weighted by Crippen LogP contribution is -2.12. The van der Waals surface area contributed by atoms with Gasteiger partial charge in [-0.2, -0.15) is 10.2 Å². The molecule has 0 atom stereocenters. The molecular weight excluding hydrogens is 318 g/mol. The lowest BCUT2D eigenvalue weighted by molar-refractivity contribution is -0.116. The Balaban J connectivity index is 1.55. The molecular formula is C14H14ClN7O. The van der Waals surface area contributed by atoms with E-state index in [1.54, 1.807) is 40.2 Å². The van der Waals surface area contributed by atoms with Crippen molar-refractivity contribution in [3.8, 4) is 5.69 Å². The first kappa shape index (κ1) is 15.2. The van der Waals surface area contributed by atoms with Gasteiger partial charge in [0.1, 0.15) is 25.3 Å². The summed E-state index contributed by atoms with van der Waals surface area (Å²) in [7, 11) is 0. The SMILES string of the molecule is O=C(CCCn1cncn1)Nc1ccc(-n2cncn2)c(Cl)c1. The summed E-state index contributed by atoms with van der Waals surface area (Å²) in [5.74, 6) is -0.0744.